The summed E-state index contributed by atoms with van der Waals surface area (Å²) >= 11 is 0. The molecule has 10 rings (SSSR count). The Balaban J connectivity index is 1.19. The van der Waals surface area contributed by atoms with Gasteiger partial charge in [-0.3, -0.25) is 0 Å². The minimum atomic E-state index is 1.15. The number of para-hydroxylation sites is 2. The van der Waals surface area contributed by atoms with Crippen molar-refractivity contribution in [2.24, 2.45) is 0 Å². The highest BCUT2D eigenvalue weighted by Crippen LogP contribution is 2.41. The highest BCUT2D eigenvalue weighted by molar-refractivity contribution is 6.17. The fourth-order valence-electron chi connectivity index (χ4n) is 7.83. The first kappa shape index (κ1) is 28.4. The molecule has 2 nitrogen and oxygen atoms in total. The summed E-state index contributed by atoms with van der Waals surface area (Å²) < 4.78 is 4.80. The largest absolute Gasteiger partial charge is 0.309 e. The van der Waals surface area contributed by atoms with Crippen molar-refractivity contribution in [1.82, 2.24) is 9.13 Å². The van der Waals surface area contributed by atoms with Crippen LogP contribution >= 0.6 is 0 Å². The maximum atomic E-state index is 2.42. The number of fused-ring (bicyclic) bond motifs is 6. The normalized spacial score (nSPS) is 11.6. The zero-order valence-corrected chi connectivity index (χ0v) is 27.4. The summed E-state index contributed by atoms with van der Waals surface area (Å²) in [6.07, 6.45) is 0. The SMILES string of the molecule is c1ccc(-c2ccc(-n3c4ccc(-c5ccc6c(c5)c5ccccc5n6-c5ccccc5)cc4c4c(-c5ccccc5)cccc43)cc2)cc1. The zero-order chi connectivity index (χ0) is 33.0. The number of hydrogen-bond donors (Lipinski definition) is 0. The average molecular weight is 637 g/mol. The van der Waals surface area contributed by atoms with Gasteiger partial charge in [-0.05, 0) is 94.0 Å². The van der Waals surface area contributed by atoms with Crippen LogP contribution in [-0.2, 0) is 0 Å². The summed E-state index contributed by atoms with van der Waals surface area (Å²) in [6, 6.07) is 70.4. The quantitative estimate of drug-likeness (QED) is 0.178. The summed E-state index contributed by atoms with van der Waals surface area (Å²) in [6.45, 7) is 0. The summed E-state index contributed by atoms with van der Waals surface area (Å²) in [4.78, 5) is 0. The van der Waals surface area contributed by atoms with E-state index < -0.39 is 0 Å². The van der Waals surface area contributed by atoms with Crippen LogP contribution in [0.25, 0.3) is 88.4 Å². The molecule has 0 unspecified atom stereocenters. The lowest BCUT2D eigenvalue weighted by Gasteiger charge is -2.10. The molecule has 0 aliphatic rings. The van der Waals surface area contributed by atoms with Gasteiger partial charge in [-0.2, -0.15) is 0 Å². The van der Waals surface area contributed by atoms with E-state index in [2.05, 4.69) is 203 Å². The Morgan fingerprint density at radius 1 is 0.260 bits per heavy atom. The number of benzene rings is 8. The van der Waals surface area contributed by atoms with Crippen LogP contribution in [0.3, 0.4) is 0 Å². The van der Waals surface area contributed by atoms with Crippen LogP contribution < -0.4 is 0 Å². The first-order valence-corrected chi connectivity index (χ1v) is 17.2. The summed E-state index contributed by atoms with van der Waals surface area (Å²) in [5.41, 5.74) is 14.5. The van der Waals surface area contributed by atoms with E-state index in [1.165, 1.54) is 82.7 Å². The summed E-state index contributed by atoms with van der Waals surface area (Å²) in [7, 11) is 0. The van der Waals surface area contributed by atoms with Crippen LogP contribution in [0.2, 0.25) is 0 Å². The smallest absolute Gasteiger partial charge is 0.0547 e. The molecule has 0 amide bonds. The molecule has 0 aliphatic heterocycles. The number of rotatable bonds is 5. The van der Waals surface area contributed by atoms with Crippen molar-refractivity contribution < 1.29 is 0 Å². The second kappa shape index (κ2) is 11.5. The fourth-order valence-corrected chi connectivity index (χ4v) is 7.83. The van der Waals surface area contributed by atoms with Crippen molar-refractivity contribution in [2.75, 3.05) is 0 Å². The van der Waals surface area contributed by atoms with E-state index in [-0.39, 0.29) is 0 Å². The second-order valence-corrected chi connectivity index (χ2v) is 13.0. The highest BCUT2D eigenvalue weighted by atomic mass is 15.0. The Kier molecular flexibility index (Phi) is 6.53. The van der Waals surface area contributed by atoms with E-state index in [9.17, 15) is 0 Å². The standard InChI is InChI=1S/C48H32N2/c1-4-13-33(14-5-1)34-23-27-39(28-24-34)50-46-30-26-37(32-43(46)48-40(20-12-22-47(48)50)35-15-6-2-7-16-35)36-25-29-45-42(31-36)41-19-10-11-21-44(41)49(45)38-17-8-3-9-18-38/h1-32H. The molecule has 2 heteroatoms. The monoisotopic (exact) mass is 636 g/mol. The Morgan fingerprint density at radius 2 is 0.740 bits per heavy atom. The minimum absolute atomic E-state index is 1.15. The Bertz CT molecular complexity index is 2820. The van der Waals surface area contributed by atoms with Crippen molar-refractivity contribution in [1.29, 1.82) is 0 Å². The minimum Gasteiger partial charge on any atom is -0.309 e. The van der Waals surface area contributed by atoms with Gasteiger partial charge in [-0.1, -0.05) is 133 Å². The predicted octanol–water partition coefficient (Wildman–Crippen LogP) is 12.9. The molecule has 10 aromatic rings. The zero-order valence-electron chi connectivity index (χ0n) is 27.4. The molecule has 0 radical (unpaired) electrons. The molecular formula is C48H32N2. The van der Waals surface area contributed by atoms with Gasteiger partial charge in [-0.15, -0.1) is 0 Å². The van der Waals surface area contributed by atoms with Crippen molar-refractivity contribution in [3.63, 3.8) is 0 Å². The van der Waals surface area contributed by atoms with Crippen LogP contribution in [0.5, 0.6) is 0 Å². The lowest BCUT2D eigenvalue weighted by Crippen LogP contribution is -1.94. The van der Waals surface area contributed by atoms with E-state index in [4.69, 9.17) is 0 Å². The van der Waals surface area contributed by atoms with Gasteiger partial charge in [-0.25, -0.2) is 0 Å². The van der Waals surface area contributed by atoms with Gasteiger partial charge >= 0.3 is 0 Å². The highest BCUT2D eigenvalue weighted by Gasteiger charge is 2.18. The lowest BCUT2D eigenvalue weighted by molar-refractivity contribution is 1.18. The van der Waals surface area contributed by atoms with Gasteiger partial charge in [0.15, 0.2) is 0 Å². The summed E-state index contributed by atoms with van der Waals surface area (Å²) in [5, 5.41) is 5.03. The average Bonchev–Trinajstić information content (AvgIpc) is 3.71. The van der Waals surface area contributed by atoms with Crippen molar-refractivity contribution in [2.45, 2.75) is 0 Å². The van der Waals surface area contributed by atoms with Crippen LogP contribution in [-0.4, -0.2) is 9.13 Å². The molecule has 0 bridgehead atoms. The predicted molar refractivity (Wildman–Crippen MR) is 211 cm³/mol. The fraction of sp³-hybridized carbons (Fsp3) is 0. The van der Waals surface area contributed by atoms with E-state index >= 15 is 0 Å². The number of aromatic nitrogens is 2. The topological polar surface area (TPSA) is 9.86 Å². The maximum absolute atomic E-state index is 2.42. The molecule has 0 saturated carbocycles. The molecule has 0 spiro atoms. The van der Waals surface area contributed by atoms with Crippen LogP contribution in [0.15, 0.2) is 194 Å². The Labute approximate surface area is 290 Å². The van der Waals surface area contributed by atoms with Crippen molar-refractivity contribution >= 4 is 43.6 Å². The lowest BCUT2D eigenvalue weighted by atomic mass is 9.97. The molecule has 0 saturated heterocycles. The molecule has 0 N–H and O–H groups in total. The first-order valence-electron chi connectivity index (χ1n) is 17.2. The molecule has 2 aromatic heterocycles. The molecular weight excluding hydrogens is 605 g/mol. The van der Waals surface area contributed by atoms with Crippen LogP contribution in [0.4, 0.5) is 0 Å². The first-order chi connectivity index (χ1) is 24.8. The van der Waals surface area contributed by atoms with E-state index in [1.54, 1.807) is 0 Å². The van der Waals surface area contributed by atoms with E-state index in [1.807, 2.05) is 0 Å². The number of nitrogens with zero attached hydrogens (tertiary/aromatic N) is 2. The Hall–Kier alpha value is -6.64. The molecule has 8 aromatic carbocycles. The summed E-state index contributed by atoms with van der Waals surface area (Å²) in [5.74, 6) is 0. The third kappa shape index (κ3) is 4.50. The van der Waals surface area contributed by atoms with E-state index in [0.717, 1.165) is 5.69 Å². The van der Waals surface area contributed by atoms with Gasteiger partial charge in [0.2, 0.25) is 0 Å². The van der Waals surface area contributed by atoms with Gasteiger partial charge in [0.05, 0.1) is 22.1 Å². The third-order valence-electron chi connectivity index (χ3n) is 10.1. The Morgan fingerprint density at radius 3 is 1.46 bits per heavy atom. The van der Waals surface area contributed by atoms with Crippen molar-refractivity contribution in [3.8, 4) is 44.8 Å². The van der Waals surface area contributed by atoms with Crippen molar-refractivity contribution in [3.05, 3.63) is 194 Å². The van der Waals surface area contributed by atoms with Crippen LogP contribution in [0.1, 0.15) is 0 Å². The number of hydrogen-bond acceptors (Lipinski definition) is 0. The van der Waals surface area contributed by atoms with Crippen LogP contribution in [0, 0.1) is 0 Å². The third-order valence-corrected chi connectivity index (χ3v) is 10.1. The molecule has 0 fully saturated rings. The molecule has 234 valence electrons. The molecule has 0 aliphatic carbocycles. The second-order valence-electron chi connectivity index (χ2n) is 13.0. The molecule has 0 atom stereocenters. The van der Waals surface area contributed by atoms with Gasteiger partial charge in [0, 0.05) is 32.9 Å². The van der Waals surface area contributed by atoms with Gasteiger partial charge < -0.3 is 9.13 Å². The van der Waals surface area contributed by atoms with E-state index in [0.29, 0.717) is 0 Å². The van der Waals surface area contributed by atoms with Gasteiger partial charge in [0.25, 0.3) is 0 Å². The molecule has 50 heavy (non-hydrogen) atoms. The molecule has 2 heterocycles. The maximum Gasteiger partial charge on any atom is 0.0547 e. The van der Waals surface area contributed by atoms with Gasteiger partial charge in [0.1, 0.15) is 0 Å².